The lowest BCUT2D eigenvalue weighted by Gasteiger charge is -2.04. The van der Waals surface area contributed by atoms with Crippen molar-refractivity contribution in [2.24, 2.45) is 5.10 Å². The normalized spacial score (nSPS) is 11.4. The third-order valence-corrected chi connectivity index (χ3v) is 3.83. The van der Waals surface area contributed by atoms with Crippen LogP contribution in [0.1, 0.15) is 22.8 Å². The molecule has 0 saturated heterocycles. The standard InChI is InChI=1S/C15H14ClN7O2/c1-9-6-10(2)21(20-9)15-19-18-11(3)22(15)17-8-12-7-13(23(24)25)4-5-14(12)16/h4-8H,1-3H3/b17-8-. The maximum absolute atomic E-state index is 10.9. The van der Waals surface area contributed by atoms with E-state index in [9.17, 15) is 10.1 Å². The van der Waals surface area contributed by atoms with Gasteiger partial charge in [0, 0.05) is 28.4 Å². The number of non-ortho nitro benzene ring substituents is 1. The Morgan fingerprint density at radius 2 is 2.00 bits per heavy atom. The van der Waals surface area contributed by atoms with Crippen molar-refractivity contribution < 1.29 is 4.92 Å². The van der Waals surface area contributed by atoms with E-state index in [2.05, 4.69) is 20.4 Å². The van der Waals surface area contributed by atoms with Crippen molar-refractivity contribution in [1.82, 2.24) is 24.7 Å². The molecule has 0 N–H and O–H groups in total. The zero-order valence-corrected chi connectivity index (χ0v) is 14.5. The highest BCUT2D eigenvalue weighted by Crippen LogP contribution is 2.21. The van der Waals surface area contributed by atoms with Gasteiger partial charge in [0.2, 0.25) is 0 Å². The predicted molar refractivity (Wildman–Crippen MR) is 92.5 cm³/mol. The van der Waals surface area contributed by atoms with Gasteiger partial charge in [-0.3, -0.25) is 10.1 Å². The molecule has 0 spiro atoms. The molecule has 0 amide bonds. The Morgan fingerprint density at radius 3 is 2.64 bits per heavy atom. The summed E-state index contributed by atoms with van der Waals surface area (Å²) in [7, 11) is 0. The van der Waals surface area contributed by atoms with Crippen molar-refractivity contribution in [3.8, 4) is 5.95 Å². The number of aromatic nitrogens is 5. The zero-order valence-electron chi connectivity index (χ0n) is 13.7. The molecule has 2 heterocycles. The van der Waals surface area contributed by atoms with Gasteiger partial charge >= 0.3 is 0 Å². The van der Waals surface area contributed by atoms with Gasteiger partial charge in [0.25, 0.3) is 11.6 Å². The lowest BCUT2D eigenvalue weighted by molar-refractivity contribution is -0.384. The molecule has 9 nitrogen and oxygen atoms in total. The molecule has 0 saturated carbocycles. The molecule has 25 heavy (non-hydrogen) atoms. The van der Waals surface area contributed by atoms with Crippen LogP contribution in [0.25, 0.3) is 5.95 Å². The van der Waals surface area contributed by atoms with Gasteiger partial charge in [-0.05, 0) is 32.9 Å². The molecule has 0 aliphatic rings. The molecule has 128 valence electrons. The third-order valence-electron chi connectivity index (χ3n) is 3.48. The minimum Gasteiger partial charge on any atom is -0.258 e. The Morgan fingerprint density at radius 1 is 1.24 bits per heavy atom. The molecule has 1 aromatic carbocycles. The predicted octanol–water partition coefficient (Wildman–Crippen LogP) is 2.83. The van der Waals surface area contributed by atoms with Crippen molar-refractivity contribution >= 4 is 23.5 Å². The Bertz CT molecular complexity index is 990. The van der Waals surface area contributed by atoms with Crippen molar-refractivity contribution in [1.29, 1.82) is 0 Å². The molecular formula is C15H14ClN7O2. The lowest BCUT2D eigenvalue weighted by atomic mass is 10.2. The number of nitro benzene ring substituents is 1. The molecule has 0 atom stereocenters. The van der Waals surface area contributed by atoms with Gasteiger partial charge in [-0.25, -0.2) is 4.68 Å². The fourth-order valence-corrected chi connectivity index (χ4v) is 2.48. The molecule has 0 aliphatic heterocycles. The summed E-state index contributed by atoms with van der Waals surface area (Å²) in [4.78, 5) is 10.4. The quantitative estimate of drug-likeness (QED) is 0.404. The second-order valence-electron chi connectivity index (χ2n) is 5.41. The highest BCUT2D eigenvalue weighted by atomic mass is 35.5. The van der Waals surface area contributed by atoms with E-state index in [1.165, 1.54) is 29.1 Å². The SMILES string of the molecule is Cc1cc(C)n(-c2nnc(C)n2/N=C\c2cc([N+](=O)[O-])ccc2Cl)n1. The zero-order chi connectivity index (χ0) is 18.1. The second kappa shape index (κ2) is 6.44. The number of hydrogen-bond donors (Lipinski definition) is 0. The van der Waals surface area contributed by atoms with Gasteiger partial charge in [-0.15, -0.1) is 10.2 Å². The summed E-state index contributed by atoms with van der Waals surface area (Å²) in [5.41, 5.74) is 2.08. The average molecular weight is 360 g/mol. The fourth-order valence-electron chi connectivity index (χ4n) is 2.31. The lowest BCUT2D eigenvalue weighted by Crippen LogP contribution is -2.08. The first-order valence-corrected chi connectivity index (χ1v) is 7.68. The van der Waals surface area contributed by atoms with Gasteiger partial charge in [0.1, 0.15) is 0 Å². The number of halogens is 1. The first kappa shape index (κ1) is 16.8. The Hall–Kier alpha value is -3.07. The van der Waals surface area contributed by atoms with E-state index in [4.69, 9.17) is 11.6 Å². The van der Waals surface area contributed by atoms with E-state index in [0.29, 0.717) is 22.4 Å². The van der Waals surface area contributed by atoms with Crippen LogP contribution < -0.4 is 0 Å². The van der Waals surface area contributed by atoms with Gasteiger partial charge in [0.15, 0.2) is 5.82 Å². The summed E-state index contributed by atoms with van der Waals surface area (Å²) in [6, 6.07) is 6.07. The topological polar surface area (TPSA) is 104 Å². The number of benzene rings is 1. The van der Waals surface area contributed by atoms with E-state index in [0.717, 1.165) is 11.4 Å². The Kier molecular flexibility index (Phi) is 4.32. The van der Waals surface area contributed by atoms with Crippen molar-refractivity contribution in [3.05, 3.63) is 62.2 Å². The molecule has 0 aliphatic carbocycles. The first-order chi connectivity index (χ1) is 11.9. The van der Waals surface area contributed by atoms with Crippen LogP contribution in [0.3, 0.4) is 0 Å². The van der Waals surface area contributed by atoms with Crippen LogP contribution in [-0.2, 0) is 0 Å². The summed E-state index contributed by atoms with van der Waals surface area (Å²) >= 11 is 6.09. The molecule has 0 fully saturated rings. The van der Waals surface area contributed by atoms with Gasteiger partial charge in [0.05, 0.1) is 16.8 Å². The molecule has 2 aromatic heterocycles. The number of nitrogens with zero attached hydrogens (tertiary/aromatic N) is 7. The van der Waals surface area contributed by atoms with Gasteiger partial charge < -0.3 is 0 Å². The molecule has 3 rings (SSSR count). The largest absolute Gasteiger partial charge is 0.273 e. The Labute approximate surface area is 147 Å². The van der Waals surface area contributed by atoms with Crippen LogP contribution in [0.5, 0.6) is 0 Å². The smallest absolute Gasteiger partial charge is 0.258 e. The highest BCUT2D eigenvalue weighted by molar-refractivity contribution is 6.33. The fraction of sp³-hybridized carbons (Fsp3) is 0.200. The molecule has 0 bridgehead atoms. The maximum Gasteiger partial charge on any atom is 0.273 e. The maximum atomic E-state index is 10.9. The number of aryl methyl sites for hydroxylation is 3. The third kappa shape index (κ3) is 3.26. The molecule has 10 heteroatoms. The van der Waals surface area contributed by atoms with Crippen LogP contribution in [0.4, 0.5) is 5.69 Å². The summed E-state index contributed by atoms with van der Waals surface area (Å²) < 4.78 is 3.12. The minimum atomic E-state index is -0.487. The average Bonchev–Trinajstić information content (AvgIpc) is 3.08. The molecule has 0 unspecified atom stereocenters. The van der Waals surface area contributed by atoms with Gasteiger partial charge in [-0.1, -0.05) is 11.6 Å². The van der Waals surface area contributed by atoms with Crippen LogP contribution in [0.2, 0.25) is 5.02 Å². The van der Waals surface area contributed by atoms with E-state index < -0.39 is 4.92 Å². The number of nitro groups is 1. The molecular weight excluding hydrogens is 346 g/mol. The van der Waals surface area contributed by atoms with Crippen LogP contribution in [-0.4, -0.2) is 35.8 Å². The summed E-state index contributed by atoms with van der Waals surface area (Å²) in [5.74, 6) is 0.959. The van der Waals surface area contributed by atoms with E-state index in [1.807, 2.05) is 19.9 Å². The van der Waals surface area contributed by atoms with Gasteiger partial charge in [-0.2, -0.15) is 14.9 Å². The first-order valence-electron chi connectivity index (χ1n) is 7.31. The highest BCUT2D eigenvalue weighted by Gasteiger charge is 2.14. The van der Waals surface area contributed by atoms with Crippen LogP contribution in [0, 0.1) is 30.9 Å². The van der Waals surface area contributed by atoms with E-state index >= 15 is 0 Å². The second-order valence-corrected chi connectivity index (χ2v) is 5.81. The Balaban J connectivity index is 2.03. The minimum absolute atomic E-state index is 0.0647. The van der Waals surface area contributed by atoms with Crippen LogP contribution >= 0.6 is 11.6 Å². The monoisotopic (exact) mass is 359 g/mol. The summed E-state index contributed by atoms with van der Waals surface area (Å²) in [6.07, 6.45) is 1.43. The van der Waals surface area contributed by atoms with Crippen molar-refractivity contribution in [2.45, 2.75) is 20.8 Å². The van der Waals surface area contributed by atoms with E-state index in [-0.39, 0.29) is 5.69 Å². The van der Waals surface area contributed by atoms with Crippen LogP contribution in [0.15, 0.2) is 29.4 Å². The molecule has 0 radical (unpaired) electrons. The summed E-state index contributed by atoms with van der Waals surface area (Å²) in [5, 5.41) is 28.1. The number of hydrogen-bond acceptors (Lipinski definition) is 6. The van der Waals surface area contributed by atoms with Crippen molar-refractivity contribution in [3.63, 3.8) is 0 Å². The van der Waals surface area contributed by atoms with E-state index in [1.54, 1.807) is 11.6 Å². The number of rotatable bonds is 4. The molecule has 3 aromatic rings. The summed E-state index contributed by atoms with van der Waals surface area (Å²) in [6.45, 7) is 5.52. The van der Waals surface area contributed by atoms with Crippen molar-refractivity contribution in [2.75, 3.05) is 0 Å².